The highest BCUT2D eigenvalue weighted by Gasteiger charge is 2.29. The van der Waals surface area contributed by atoms with Gasteiger partial charge in [0.15, 0.2) is 0 Å². The number of aliphatic hydroxyl groups is 1. The van der Waals surface area contributed by atoms with E-state index in [-0.39, 0.29) is 6.61 Å². The number of sulfonamides is 1. The highest BCUT2D eigenvalue weighted by atomic mass is 32.2. The largest absolute Gasteiger partial charge is 0.396 e. The Morgan fingerprint density at radius 1 is 1.50 bits per heavy atom. The van der Waals surface area contributed by atoms with Crippen molar-refractivity contribution in [1.29, 1.82) is 0 Å². The topological polar surface area (TPSA) is 93.3 Å². The van der Waals surface area contributed by atoms with Crippen LogP contribution in [0.5, 0.6) is 0 Å². The predicted molar refractivity (Wildman–Crippen MR) is 64.0 cm³/mol. The summed E-state index contributed by atoms with van der Waals surface area (Å²) in [7, 11) is -3.66. The summed E-state index contributed by atoms with van der Waals surface area (Å²) >= 11 is 1.40. The maximum atomic E-state index is 11.2. The van der Waals surface area contributed by atoms with Crippen molar-refractivity contribution in [3.05, 3.63) is 15.6 Å². The highest BCUT2D eigenvalue weighted by Crippen LogP contribution is 2.28. The van der Waals surface area contributed by atoms with Gasteiger partial charge in [0, 0.05) is 4.88 Å². The van der Waals surface area contributed by atoms with Gasteiger partial charge in [-0.1, -0.05) is 0 Å². The summed E-state index contributed by atoms with van der Waals surface area (Å²) in [5, 5.41) is 14.1. The van der Waals surface area contributed by atoms with Crippen molar-refractivity contribution in [2.45, 2.75) is 31.9 Å². The first kappa shape index (κ1) is 13.6. The first-order chi connectivity index (χ1) is 7.27. The maximum absolute atomic E-state index is 11.2. The second-order valence-electron chi connectivity index (χ2n) is 3.78. The molecule has 0 fully saturated rings. The monoisotopic (exact) mass is 264 g/mol. The Kier molecular flexibility index (Phi) is 4.06. The molecule has 2 atom stereocenters. The van der Waals surface area contributed by atoms with Gasteiger partial charge in [-0.15, -0.1) is 11.3 Å². The van der Waals surface area contributed by atoms with E-state index in [0.29, 0.717) is 5.01 Å². The number of hydrogen-bond donors (Lipinski definition) is 2. The lowest BCUT2D eigenvalue weighted by atomic mass is 10.1. The molecule has 0 radical (unpaired) electrons. The first-order valence-electron chi connectivity index (χ1n) is 4.83. The van der Waals surface area contributed by atoms with Crippen LogP contribution < -0.4 is 5.14 Å². The number of aromatic nitrogens is 1. The Bertz CT molecular complexity index is 448. The smallest absolute Gasteiger partial charge is 0.212 e. The minimum atomic E-state index is -3.66. The molecule has 5 nitrogen and oxygen atoms in total. The Morgan fingerprint density at radius 2 is 2.06 bits per heavy atom. The Hall–Kier alpha value is -0.500. The number of aryl methyl sites for hydroxylation is 2. The van der Waals surface area contributed by atoms with Crippen molar-refractivity contribution in [3.63, 3.8) is 0 Å². The molecule has 0 bridgehead atoms. The van der Waals surface area contributed by atoms with Crippen LogP contribution in [0.4, 0.5) is 0 Å². The fraction of sp³-hybridized carbons (Fsp3) is 0.667. The van der Waals surface area contributed by atoms with Gasteiger partial charge in [0.2, 0.25) is 10.0 Å². The zero-order chi connectivity index (χ0) is 12.5. The van der Waals surface area contributed by atoms with Gasteiger partial charge in [-0.3, -0.25) is 0 Å². The first-order valence-corrected chi connectivity index (χ1v) is 7.26. The lowest BCUT2D eigenvalue weighted by Crippen LogP contribution is -2.33. The summed E-state index contributed by atoms with van der Waals surface area (Å²) in [5.41, 5.74) is 0.861. The Morgan fingerprint density at radius 3 is 2.38 bits per heavy atom. The molecule has 1 rings (SSSR count). The van der Waals surface area contributed by atoms with Crippen molar-refractivity contribution in [1.82, 2.24) is 4.98 Å². The summed E-state index contributed by atoms with van der Waals surface area (Å²) < 4.78 is 22.5. The summed E-state index contributed by atoms with van der Waals surface area (Å²) in [6.45, 7) is 4.98. The molecule has 0 aliphatic heterocycles. The summed E-state index contributed by atoms with van der Waals surface area (Å²) in [6, 6.07) is 0. The third kappa shape index (κ3) is 2.79. The molecule has 7 heteroatoms. The van der Waals surface area contributed by atoms with Gasteiger partial charge < -0.3 is 5.11 Å². The molecule has 1 heterocycles. The van der Waals surface area contributed by atoms with Gasteiger partial charge in [-0.2, -0.15) is 0 Å². The molecular weight excluding hydrogens is 248 g/mol. The lowest BCUT2D eigenvalue weighted by Gasteiger charge is -2.17. The van der Waals surface area contributed by atoms with E-state index in [1.807, 2.05) is 13.8 Å². The molecule has 92 valence electrons. The maximum Gasteiger partial charge on any atom is 0.212 e. The number of thiazole rings is 1. The second-order valence-corrected chi connectivity index (χ2v) is 6.93. The van der Waals surface area contributed by atoms with Gasteiger partial charge in [0.25, 0.3) is 0 Å². The van der Waals surface area contributed by atoms with Crippen LogP contribution in [-0.2, 0) is 10.0 Å². The van der Waals surface area contributed by atoms with E-state index in [4.69, 9.17) is 5.14 Å². The molecule has 1 aromatic rings. The quantitative estimate of drug-likeness (QED) is 0.828. The van der Waals surface area contributed by atoms with Gasteiger partial charge in [0.05, 0.1) is 28.5 Å². The summed E-state index contributed by atoms with van der Waals surface area (Å²) in [4.78, 5) is 5.28. The fourth-order valence-electron chi connectivity index (χ4n) is 1.31. The number of aliphatic hydroxyl groups excluding tert-OH is 1. The molecule has 0 aromatic carbocycles. The fourth-order valence-corrected chi connectivity index (χ4v) is 3.19. The molecule has 16 heavy (non-hydrogen) atoms. The van der Waals surface area contributed by atoms with Crippen molar-refractivity contribution < 1.29 is 13.5 Å². The van der Waals surface area contributed by atoms with Crippen LogP contribution in [0.25, 0.3) is 0 Å². The minimum Gasteiger partial charge on any atom is -0.396 e. The van der Waals surface area contributed by atoms with Gasteiger partial charge in [-0.25, -0.2) is 18.5 Å². The molecule has 3 N–H and O–H groups in total. The van der Waals surface area contributed by atoms with Gasteiger partial charge in [-0.05, 0) is 20.8 Å². The van der Waals surface area contributed by atoms with E-state index in [1.54, 1.807) is 0 Å². The lowest BCUT2D eigenvalue weighted by molar-refractivity contribution is 0.262. The third-order valence-corrected chi connectivity index (χ3v) is 5.21. The summed E-state index contributed by atoms with van der Waals surface area (Å²) in [6.07, 6.45) is 0. The molecule has 0 saturated heterocycles. The Labute approximate surface area is 99.4 Å². The highest BCUT2D eigenvalue weighted by molar-refractivity contribution is 7.89. The van der Waals surface area contributed by atoms with E-state index in [1.165, 1.54) is 18.3 Å². The normalized spacial score (nSPS) is 16.1. The zero-order valence-corrected chi connectivity index (χ0v) is 11.1. The predicted octanol–water partition coefficient (Wildman–Crippen LogP) is 0.513. The molecule has 0 saturated carbocycles. The van der Waals surface area contributed by atoms with Gasteiger partial charge >= 0.3 is 0 Å². The number of primary sulfonamides is 1. The molecule has 0 aliphatic carbocycles. The van der Waals surface area contributed by atoms with E-state index < -0.39 is 21.2 Å². The van der Waals surface area contributed by atoms with Crippen molar-refractivity contribution in [2.75, 3.05) is 6.61 Å². The van der Waals surface area contributed by atoms with Crippen LogP contribution >= 0.6 is 11.3 Å². The van der Waals surface area contributed by atoms with Crippen molar-refractivity contribution in [2.24, 2.45) is 5.14 Å². The van der Waals surface area contributed by atoms with E-state index in [9.17, 15) is 13.5 Å². The molecule has 0 spiro atoms. The number of hydrogen-bond acceptors (Lipinski definition) is 5. The SMILES string of the molecule is Cc1nc([C@H](CO)[C@@H](C)S(N)(=O)=O)sc1C. The van der Waals surface area contributed by atoms with Crippen molar-refractivity contribution in [3.8, 4) is 0 Å². The van der Waals surface area contributed by atoms with Crippen LogP contribution in [0, 0.1) is 13.8 Å². The van der Waals surface area contributed by atoms with Crippen LogP contribution in [0.1, 0.15) is 28.4 Å². The zero-order valence-electron chi connectivity index (χ0n) is 9.47. The molecule has 0 unspecified atom stereocenters. The van der Waals surface area contributed by atoms with Crippen LogP contribution in [0.15, 0.2) is 0 Å². The third-order valence-electron chi connectivity index (χ3n) is 2.64. The Balaban J connectivity index is 3.08. The number of nitrogens with two attached hydrogens (primary N) is 1. The molecule has 0 amide bonds. The molecule has 0 aliphatic rings. The van der Waals surface area contributed by atoms with Crippen molar-refractivity contribution >= 4 is 21.4 Å². The summed E-state index contributed by atoms with van der Waals surface area (Å²) in [5.74, 6) is -0.549. The number of nitrogens with zero attached hydrogens (tertiary/aromatic N) is 1. The van der Waals surface area contributed by atoms with Crippen LogP contribution in [0.3, 0.4) is 0 Å². The average Bonchev–Trinajstić information content (AvgIpc) is 2.46. The van der Waals surface area contributed by atoms with Crippen LogP contribution in [0.2, 0.25) is 0 Å². The molecule has 1 aromatic heterocycles. The van der Waals surface area contributed by atoms with E-state index >= 15 is 0 Å². The van der Waals surface area contributed by atoms with Gasteiger partial charge in [0.1, 0.15) is 0 Å². The average molecular weight is 264 g/mol. The standard InChI is InChI=1S/C9H16N2O3S2/c1-5-6(2)15-9(11-5)8(4-12)7(3)16(10,13)14/h7-8,12H,4H2,1-3H3,(H2,10,13,14)/t7-,8-/m1/s1. The minimum absolute atomic E-state index is 0.274. The molecular formula is C9H16N2O3S2. The van der Waals surface area contributed by atoms with Crippen LogP contribution in [-0.4, -0.2) is 30.4 Å². The number of rotatable bonds is 4. The van der Waals surface area contributed by atoms with E-state index in [2.05, 4.69) is 4.98 Å². The van der Waals surface area contributed by atoms with E-state index in [0.717, 1.165) is 10.6 Å². The second kappa shape index (κ2) is 4.79.